The first-order valence-electron chi connectivity index (χ1n) is 31.6. The zero-order chi connectivity index (χ0) is 50.7. The highest BCUT2D eigenvalue weighted by Gasteiger charge is 2.20. The van der Waals surface area contributed by atoms with Crippen LogP contribution in [-0.2, 0) is 14.3 Å². The lowest BCUT2D eigenvalue weighted by molar-refractivity contribution is -0.143. The van der Waals surface area contributed by atoms with E-state index < -0.39 is 12.1 Å². The van der Waals surface area contributed by atoms with Gasteiger partial charge in [-0.05, 0) is 83.5 Å². The summed E-state index contributed by atoms with van der Waals surface area (Å²) >= 11 is 0. The lowest BCUT2D eigenvalue weighted by Crippen LogP contribution is -2.45. The van der Waals surface area contributed by atoms with E-state index in [9.17, 15) is 19.8 Å². The first kappa shape index (κ1) is 68.3. The molecule has 70 heavy (non-hydrogen) atoms. The summed E-state index contributed by atoms with van der Waals surface area (Å²) in [7, 11) is 0. The van der Waals surface area contributed by atoms with Gasteiger partial charge in [-0.3, -0.25) is 9.59 Å². The van der Waals surface area contributed by atoms with Gasteiger partial charge in [0, 0.05) is 12.8 Å². The molecule has 0 radical (unpaired) electrons. The fourth-order valence-electron chi connectivity index (χ4n) is 9.87. The molecule has 0 fully saturated rings. The normalized spacial score (nSPS) is 12.7. The van der Waals surface area contributed by atoms with Gasteiger partial charge in [0.25, 0.3) is 0 Å². The Morgan fingerprint density at radius 3 is 1.01 bits per heavy atom. The number of hydrogen-bond acceptors (Lipinski definition) is 5. The third-order valence-corrected chi connectivity index (χ3v) is 14.7. The van der Waals surface area contributed by atoms with E-state index in [-0.39, 0.29) is 18.5 Å². The third-order valence-electron chi connectivity index (χ3n) is 14.7. The first-order valence-corrected chi connectivity index (χ1v) is 31.6. The van der Waals surface area contributed by atoms with E-state index in [0.29, 0.717) is 25.9 Å². The summed E-state index contributed by atoms with van der Waals surface area (Å²) in [5.74, 6) is -0.0794. The standard InChI is InChI=1S/C64H123NO5/c1-3-5-7-9-11-13-15-17-19-21-23-24-25-27-28-30-32-36-40-44-48-52-56-62(67)61(60-66)65-63(68)57-53-49-45-41-37-34-35-39-43-47-51-55-59-70-64(69)58-54-50-46-42-38-33-31-29-26-22-20-18-16-14-12-10-8-6-4-2/h18,20,35,39,61-62,66-67H,3-17,19,21-34,36-38,40-60H2,1-2H3,(H,65,68)/b20-18-,39-35-. The average Bonchev–Trinajstić information content (AvgIpc) is 3.36. The van der Waals surface area contributed by atoms with Gasteiger partial charge < -0.3 is 20.3 Å². The highest BCUT2D eigenvalue weighted by molar-refractivity contribution is 5.76. The molecule has 0 spiro atoms. The topological polar surface area (TPSA) is 95.9 Å². The van der Waals surface area contributed by atoms with Gasteiger partial charge in [0.2, 0.25) is 5.91 Å². The molecule has 0 aromatic rings. The minimum absolute atomic E-state index is 0.0221. The van der Waals surface area contributed by atoms with Crippen LogP contribution in [0.2, 0.25) is 0 Å². The van der Waals surface area contributed by atoms with Crippen molar-refractivity contribution in [3.63, 3.8) is 0 Å². The van der Waals surface area contributed by atoms with E-state index >= 15 is 0 Å². The molecule has 0 saturated carbocycles. The number of allylic oxidation sites excluding steroid dienone is 4. The largest absolute Gasteiger partial charge is 0.466 e. The van der Waals surface area contributed by atoms with Crippen LogP contribution in [-0.4, -0.2) is 47.4 Å². The molecule has 414 valence electrons. The SMILES string of the molecule is CCCCCCCC/C=C\CCCCCCCCCCCC(=O)OCCCCC/C=C\CCCCCCCC(=O)NC(CO)C(O)CCCCCCCCCCCCCCCCCCCCCCCC. The van der Waals surface area contributed by atoms with Crippen molar-refractivity contribution >= 4 is 11.9 Å². The fourth-order valence-corrected chi connectivity index (χ4v) is 9.87. The van der Waals surface area contributed by atoms with Crippen LogP contribution in [0.5, 0.6) is 0 Å². The molecule has 0 aromatic heterocycles. The summed E-state index contributed by atoms with van der Waals surface area (Å²) < 4.78 is 5.47. The predicted molar refractivity (Wildman–Crippen MR) is 306 cm³/mol. The molecule has 0 aliphatic rings. The van der Waals surface area contributed by atoms with Crippen LogP contribution >= 0.6 is 0 Å². The number of esters is 1. The maximum absolute atomic E-state index is 12.5. The van der Waals surface area contributed by atoms with Crippen LogP contribution in [0, 0.1) is 0 Å². The second-order valence-electron chi connectivity index (χ2n) is 21.7. The Morgan fingerprint density at radius 2 is 0.671 bits per heavy atom. The van der Waals surface area contributed by atoms with Crippen LogP contribution in [0.3, 0.4) is 0 Å². The average molecular weight is 987 g/mol. The second kappa shape index (κ2) is 59.9. The first-order chi connectivity index (χ1) is 34.5. The maximum atomic E-state index is 12.5. The minimum Gasteiger partial charge on any atom is -0.466 e. The quantitative estimate of drug-likeness (QED) is 0.0321. The van der Waals surface area contributed by atoms with Crippen molar-refractivity contribution in [1.82, 2.24) is 5.32 Å². The summed E-state index contributed by atoms with van der Waals surface area (Å²) in [6.07, 6.45) is 73.3. The molecular weight excluding hydrogens is 863 g/mol. The van der Waals surface area contributed by atoms with Crippen molar-refractivity contribution in [2.24, 2.45) is 0 Å². The number of carbonyl (C=O) groups excluding carboxylic acids is 2. The number of unbranched alkanes of at least 4 members (excludes halogenated alkanes) is 44. The molecule has 0 saturated heterocycles. The number of aliphatic hydroxyl groups excluding tert-OH is 2. The Morgan fingerprint density at radius 1 is 0.386 bits per heavy atom. The van der Waals surface area contributed by atoms with Crippen molar-refractivity contribution in [2.45, 2.75) is 360 Å². The fraction of sp³-hybridized carbons (Fsp3) is 0.906. The van der Waals surface area contributed by atoms with Crippen LogP contribution in [0.1, 0.15) is 348 Å². The lowest BCUT2D eigenvalue weighted by Gasteiger charge is -2.22. The molecule has 0 bridgehead atoms. The Hall–Kier alpha value is -1.66. The number of aliphatic hydroxyl groups is 2. The van der Waals surface area contributed by atoms with Crippen molar-refractivity contribution in [3.05, 3.63) is 24.3 Å². The number of rotatable bonds is 59. The highest BCUT2D eigenvalue weighted by Crippen LogP contribution is 2.18. The molecule has 0 aliphatic heterocycles. The zero-order valence-corrected chi connectivity index (χ0v) is 47.3. The molecular formula is C64H123NO5. The Balaban J connectivity index is 3.47. The second-order valence-corrected chi connectivity index (χ2v) is 21.7. The minimum atomic E-state index is -0.682. The molecule has 3 N–H and O–H groups in total. The van der Waals surface area contributed by atoms with Gasteiger partial charge >= 0.3 is 5.97 Å². The number of nitrogens with one attached hydrogen (secondary N) is 1. The number of carbonyl (C=O) groups is 2. The summed E-state index contributed by atoms with van der Waals surface area (Å²) in [6, 6.07) is -0.561. The molecule has 1 amide bonds. The number of hydrogen-bond donors (Lipinski definition) is 3. The van der Waals surface area contributed by atoms with E-state index in [1.54, 1.807) is 0 Å². The van der Waals surface area contributed by atoms with Crippen LogP contribution < -0.4 is 5.32 Å². The van der Waals surface area contributed by atoms with Gasteiger partial charge in [-0.25, -0.2) is 0 Å². The van der Waals surface area contributed by atoms with Crippen molar-refractivity contribution < 1.29 is 24.5 Å². The third kappa shape index (κ3) is 55.7. The van der Waals surface area contributed by atoms with Gasteiger partial charge in [0.1, 0.15) is 0 Å². The van der Waals surface area contributed by atoms with Crippen molar-refractivity contribution in [2.75, 3.05) is 13.2 Å². The lowest BCUT2D eigenvalue weighted by atomic mass is 10.0. The molecule has 2 atom stereocenters. The molecule has 6 nitrogen and oxygen atoms in total. The monoisotopic (exact) mass is 986 g/mol. The van der Waals surface area contributed by atoms with E-state index in [0.717, 1.165) is 77.0 Å². The van der Waals surface area contributed by atoms with E-state index in [4.69, 9.17) is 4.74 Å². The van der Waals surface area contributed by atoms with Crippen LogP contribution in [0.25, 0.3) is 0 Å². The van der Waals surface area contributed by atoms with E-state index in [1.165, 1.54) is 238 Å². The molecule has 0 aliphatic carbocycles. The smallest absolute Gasteiger partial charge is 0.305 e. The Bertz CT molecular complexity index is 1090. The predicted octanol–water partition coefficient (Wildman–Crippen LogP) is 19.8. The van der Waals surface area contributed by atoms with Gasteiger partial charge in [-0.2, -0.15) is 0 Å². The molecule has 6 heteroatoms. The van der Waals surface area contributed by atoms with Crippen molar-refractivity contribution in [1.29, 1.82) is 0 Å². The summed E-state index contributed by atoms with van der Waals surface area (Å²) in [4.78, 5) is 24.6. The van der Waals surface area contributed by atoms with Gasteiger partial charge in [0.05, 0.1) is 25.4 Å². The summed E-state index contributed by atoms with van der Waals surface area (Å²) in [6.45, 7) is 4.92. The summed E-state index contributed by atoms with van der Waals surface area (Å²) in [5, 5.41) is 23.4. The van der Waals surface area contributed by atoms with Crippen LogP contribution in [0.15, 0.2) is 24.3 Å². The van der Waals surface area contributed by atoms with Gasteiger partial charge in [0.15, 0.2) is 0 Å². The molecule has 0 heterocycles. The highest BCUT2D eigenvalue weighted by atomic mass is 16.5. The molecule has 2 unspecified atom stereocenters. The number of ether oxygens (including phenoxy) is 1. The van der Waals surface area contributed by atoms with E-state index in [2.05, 4.69) is 43.5 Å². The van der Waals surface area contributed by atoms with Crippen LogP contribution in [0.4, 0.5) is 0 Å². The number of amides is 1. The van der Waals surface area contributed by atoms with E-state index in [1.807, 2.05) is 0 Å². The van der Waals surface area contributed by atoms with Gasteiger partial charge in [-0.1, -0.05) is 276 Å². The maximum Gasteiger partial charge on any atom is 0.305 e. The van der Waals surface area contributed by atoms with Gasteiger partial charge in [-0.15, -0.1) is 0 Å². The molecule has 0 rings (SSSR count). The Labute approximate surface area is 437 Å². The molecule has 0 aromatic carbocycles. The zero-order valence-electron chi connectivity index (χ0n) is 47.3. The van der Waals surface area contributed by atoms with Crippen molar-refractivity contribution in [3.8, 4) is 0 Å². The Kier molecular flexibility index (Phi) is 58.5. The summed E-state index contributed by atoms with van der Waals surface area (Å²) in [5.41, 5.74) is 0.